The Kier molecular flexibility index (Phi) is 5.27. The van der Waals surface area contributed by atoms with Crippen LogP contribution in [-0.4, -0.2) is 49.3 Å². The molecule has 2 aromatic rings. The number of anilines is 2. The molecule has 1 aromatic heterocycles. The van der Waals surface area contributed by atoms with Gasteiger partial charge in [0.25, 0.3) is 0 Å². The van der Waals surface area contributed by atoms with Gasteiger partial charge in [-0.05, 0) is 49.6 Å². The molecule has 1 amide bonds. The number of aromatic nitrogens is 1. The standard InChI is InChI=1S/C19H21ClN4O3S/c20-14-4-3-5-15(12-14)24-11-8-17(19(24)25)22-18-7-6-16(13-21-18)28(26,27)23-9-1-2-10-23/h3-7,12-13,17H,1-2,8-11H2,(H,21,22). The van der Waals surface area contributed by atoms with Crippen LogP contribution >= 0.6 is 11.6 Å². The molecule has 4 rings (SSSR count). The Morgan fingerprint density at radius 3 is 2.57 bits per heavy atom. The van der Waals surface area contributed by atoms with E-state index in [0.717, 1.165) is 18.5 Å². The van der Waals surface area contributed by atoms with Crippen molar-refractivity contribution >= 4 is 39.0 Å². The summed E-state index contributed by atoms with van der Waals surface area (Å²) in [5.41, 5.74) is 0.766. The Morgan fingerprint density at radius 2 is 1.89 bits per heavy atom. The highest BCUT2D eigenvalue weighted by molar-refractivity contribution is 7.89. The molecule has 0 aliphatic carbocycles. The summed E-state index contributed by atoms with van der Waals surface area (Å²) in [6, 6.07) is 9.93. The van der Waals surface area contributed by atoms with E-state index in [1.165, 1.54) is 16.6 Å². The van der Waals surface area contributed by atoms with Crippen LogP contribution in [0.15, 0.2) is 47.5 Å². The van der Waals surface area contributed by atoms with Crippen molar-refractivity contribution in [3.63, 3.8) is 0 Å². The average Bonchev–Trinajstić information content (AvgIpc) is 3.34. The first-order chi connectivity index (χ1) is 13.4. The molecule has 9 heteroatoms. The summed E-state index contributed by atoms with van der Waals surface area (Å²) in [6.45, 7) is 1.69. The smallest absolute Gasteiger partial charge is 0.249 e. The van der Waals surface area contributed by atoms with Crippen LogP contribution in [0.3, 0.4) is 0 Å². The van der Waals surface area contributed by atoms with Crippen LogP contribution < -0.4 is 10.2 Å². The van der Waals surface area contributed by atoms with Crippen molar-refractivity contribution in [3.05, 3.63) is 47.6 Å². The lowest BCUT2D eigenvalue weighted by Crippen LogP contribution is -2.33. The first kappa shape index (κ1) is 19.2. The maximum atomic E-state index is 12.7. The number of carbonyl (C=O) groups is 1. The van der Waals surface area contributed by atoms with Crippen LogP contribution in [0.2, 0.25) is 5.02 Å². The fourth-order valence-electron chi connectivity index (χ4n) is 3.59. The van der Waals surface area contributed by atoms with Crippen molar-refractivity contribution in [2.45, 2.75) is 30.2 Å². The van der Waals surface area contributed by atoms with Gasteiger partial charge in [0.2, 0.25) is 15.9 Å². The molecule has 28 heavy (non-hydrogen) atoms. The highest BCUT2D eigenvalue weighted by Gasteiger charge is 2.33. The zero-order valence-electron chi connectivity index (χ0n) is 15.2. The van der Waals surface area contributed by atoms with Crippen molar-refractivity contribution in [2.75, 3.05) is 29.9 Å². The molecule has 7 nitrogen and oxygen atoms in total. The van der Waals surface area contributed by atoms with Gasteiger partial charge in [-0.15, -0.1) is 0 Å². The second-order valence-corrected chi connectivity index (χ2v) is 9.32. The summed E-state index contributed by atoms with van der Waals surface area (Å²) in [5, 5.41) is 3.69. The van der Waals surface area contributed by atoms with E-state index in [4.69, 9.17) is 11.6 Å². The molecule has 1 atom stereocenters. The third-order valence-corrected chi connectivity index (χ3v) is 7.20. The van der Waals surface area contributed by atoms with Crippen LogP contribution in [0.25, 0.3) is 0 Å². The van der Waals surface area contributed by atoms with Crippen molar-refractivity contribution in [2.24, 2.45) is 0 Å². The van der Waals surface area contributed by atoms with E-state index in [9.17, 15) is 13.2 Å². The Balaban J connectivity index is 1.44. The molecule has 0 bridgehead atoms. The Bertz CT molecular complexity index is 975. The second kappa shape index (κ2) is 7.69. The lowest BCUT2D eigenvalue weighted by molar-refractivity contribution is -0.117. The first-order valence-electron chi connectivity index (χ1n) is 9.25. The molecule has 1 aromatic carbocycles. The van der Waals surface area contributed by atoms with Crippen LogP contribution in [0.4, 0.5) is 11.5 Å². The SMILES string of the molecule is O=C1C(Nc2ccc(S(=O)(=O)N3CCCC3)cn2)CCN1c1cccc(Cl)c1. The maximum absolute atomic E-state index is 12.7. The highest BCUT2D eigenvalue weighted by atomic mass is 35.5. The van der Waals surface area contributed by atoms with Crippen LogP contribution in [-0.2, 0) is 14.8 Å². The number of pyridine rings is 1. The number of halogens is 1. The number of nitrogens with one attached hydrogen (secondary N) is 1. The minimum Gasteiger partial charge on any atom is -0.358 e. The summed E-state index contributed by atoms with van der Waals surface area (Å²) in [7, 11) is -3.49. The monoisotopic (exact) mass is 420 g/mol. The van der Waals surface area contributed by atoms with Crippen molar-refractivity contribution in [1.29, 1.82) is 0 Å². The lowest BCUT2D eigenvalue weighted by atomic mass is 10.2. The van der Waals surface area contributed by atoms with Crippen molar-refractivity contribution in [3.8, 4) is 0 Å². The van der Waals surface area contributed by atoms with Gasteiger partial charge in [-0.3, -0.25) is 4.79 Å². The van der Waals surface area contributed by atoms with Gasteiger partial charge >= 0.3 is 0 Å². The van der Waals surface area contributed by atoms with Crippen molar-refractivity contribution < 1.29 is 13.2 Å². The molecule has 2 aliphatic rings. The molecule has 2 fully saturated rings. The predicted octanol–water partition coefficient (Wildman–Crippen LogP) is 2.74. The first-order valence-corrected chi connectivity index (χ1v) is 11.1. The molecule has 2 aliphatic heterocycles. The maximum Gasteiger partial charge on any atom is 0.249 e. The quantitative estimate of drug-likeness (QED) is 0.804. The molecule has 2 saturated heterocycles. The molecule has 0 saturated carbocycles. The minimum absolute atomic E-state index is 0.0576. The van der Waals surface area contributed by atoms with Gasteiger partial charge in [0, 0.05) is 36.5 Å². The number of hydrogen-bond acceptors (Lipinski definition) is 5. The fraction of sp³-hybridized carbons (Fsp3) is 0.368. The molecule has 3 heterocycles. The van der Waals surface area contributed by atoms with E-state index in [1.54, 1.807) is 23.1 Å². The second-order valence-electron chi connectivity index (χ2n) is 6.95. The third-order valence-electron chi connectivity index (χ3n) is 5.09. The average molecular weight is 421 g/mol. The number of hydrogen-bond donors (Lipinski definition) is 1. The third kappa shape index (κ3) is 3.72. The normalized spacial score (nSPS) is 20.7. The van der Waals surface area contributed by atoms with Crippen LogP contribution in [0.5, 0.6) is 0 Å². The largest absolute Gasteiger partial charge is 0.358 e. The number of sulfonamides is 1. The van der Waals surface area contributed by atoms with Gasteiger partial charge < -0.3 is 10.2 Å². The summed E-state index contributed by atoms with van der Waals surface area (Å²) < 4.78 is 26.6. The molecule has 0 spiro atoms. The number of benzene rings is 1. The number of rotatable bonds is 5. The predicted molar refractivity (Wildman–Crippen MR) is 108 cm³/mol. The molecule has 1 N–H and O–H groups in total. The Hall–Kier alpha value is -2.16. The summed E-state index contributed by atoms with van der Waals surface area (Å²) in [6.07, 6.45) is 3.75. The van der Waals surface area contributed by atoms with Gasteiger partial charge in [0.05, 0.1) is 0 Å². The summed E-state index contributed by atoms with van der Waals surface area (Å²) in [4.78, 5) is 18.8. The van der Waals surface area contributed by atoms with Gasteiger partial charge in [0.1, 0.15) is 16.8 Å². The lowest BCUT2D eigenvalue weighted by Gasteiger charge is -2.18. The van der Waals surface area contributed by atoms with E-state index in [0.29, 0.717) is 36.9 Å². The summed E-state index contributed by atoms with van der Waals surface area (Å²) >= 11 is 6.02. The molecule has 1 unspecified atom stereocenters. The Morgan fingerprint density at radius 1 is 1.11 bits per heavy atom. The van der Waals surface area contributed by atoms with Crippen LogP contribution in [0, 0.1) is 0 Å². The van der Waals surface area contributed by atoms with E-state index in [2.05, 4.69) is 10.3 Å². The topological polar surface area (TPSA) is 82.6 Å². The van der Waals surface area contributed by atoms with E-state index in [-0.39, 0.29) is 10.8 Å². The fourth-order valence-corrected chi connectivity index (χ4v) is 5.24. The van der Waals surface area contributed by atoms with Crippen molar-refractivity contribution in [1.82, 2.24) is 9.29 Å². The molecule has 148 valence electrons. The highest BCUT2D eigenvalue weighted by Crippen LogP contribution is 2.26. The number of nitrogens with zero attached hydrogens (tertiary/aromatic N) is 3. The van der Waals surface area contributed by atoms with Crippen LogP contribution in [0.1, 0.15) is 19.3 Å². The number of amides is 1. The minimum atomic E-state index is -3.49. The molecule has 0 radical (unpaired) electrons. The zero-order chi connectivity index (χ0) is 19.7. The van der Waals surface area contributed by atoms with E-state index < -0.39 is 16.1 Å². The van der Waals surface area contributed by atoms with Gasteiger partial charge in [-0.1, -0.05) is 17.7 Å². The van der Waals surface area contributed by atoms with E-state index >= 15 is 0 Å². The van der Waals surface area contributed by atoms with Gasteiger partial charge in [-0.2, -0.15) is 4.31 Å². The molecular weight excluding hydrogens is 400 g/mol. The Labute approximate surface area is 169 Å². The van der Waals surface area contributed by atoms with Gasteiger partial charge in [0.15, 0.2) is 0 Å². The molecular formula is C19H21ClN4O3S. The van der Waals surface area contributed by atoms with E-state index in [1.807, 2.05) is 12.1 Å². The number of carbonyl (C=O) groups excluding carboxylic acids is 1. The zero-order valence-corrected chi connectivity index (χ0v) is 16.8. The summed E-state index contributed by atoms with van der Waals surface area (Å²) in [5.74, 6) is 0.421. The van der Waals surface area contributed by atoms with Gasteiger partial charge in [-0.25, -0.2) is 13.4 Å².